The van der Waals surface area contributed by atoms with Gasteiger partial charge in [0.25, 0.3) is 5.88 Å². The number of aliphatic imine (C=N–C) groups is 1. The molecule has 0 spiro atoms. The van der Waals surface area contributed by atoms with Gasteiger partial charge in [0, 0.05) is 37.3 Å². The third kappa shape index (κ3) is 8.90. The Labute approximate surface area is 288 Å². The lowest BCUT2D eigenvalue weighted by Crippen LogP contribution is -2.35. The van der Waals surface area contributed by atoms with Crippen molar-refractivity contribution in [3.05, 3.63) is 155 Å². The van der Waals surface area contributed by atoms with E-state index < -0.39 is 0 Å². The molecule has 1 fully saturated rings. The van der Waals surface area contributed by atoms with Crippen LogP contribution in [-0.2, 0) is 31.0 Å². The summed E-state index contributed by atoms with van der Waals surface area (Å²) in [6.45, 7) is 6.56. The van der Waals surface area contributed by atoms with Gasteiger partial charge in [-0.05, 0) is 46.5 Å². The first-order valence-corrected chi connectivity index (χ1v) is 16.7. The lowest BCUT2D eigenvalue weighted by molar-refractivity contribution is 0.0342. The molecule has 0 radical (unpaired) electrons. The molecule has 0 N–H and O–H groups in total. The van der Waals surface area contributed by atoms with Crippen LogP contribution in [0.2, 0.25) is 0 Å². The highest BCUT2D eigenvalue weighted by Gasteiger charge is 2.23. The SMILES string of the molecule is C(#Cc1ccc(C2CN(Cc3ncnc(OCc4ccccc4)c3OCc3ccccc3)C=N2)cc1)c1ccc(CN2CCOCC2)cc1. The van der Waals surface area contributed by atoms with Gasteiger partial charge in [-0.15, -0.1) is 0 Å². The van der Waals surface area contributed by atoms with E-state index in [9.17, 15) is 0 Å². The molecule has 2 aliphatic rings. The molecule has 8 heteroatoms. The fraction of sp³-hybridized carbons (Fsp3) is 0.244. The summed E-state index contributed by atoms with van der Waals surface area (Å²) in [6, 6.07) is 37.1. The number of nitrogens with zero attached hydrogens (tertiary/aromatic N) is 5. The first kappa shape index (κ1) is 32.1. The van der Waals surface area contributed by atoms with E-state index in [1.165, 1.54) is 11.9 Å². The first-order valence-electron chi connectivity index (χ1n) is 16.7. The zero-order valence-corrected chi connectivity index (χ0v) is 27.4. The van der Waals surface area contributed by atoms with E-state index in [4.69, 9.17) is 19.2 Å². The topological polar surface area (TPSA) is 72.3 Å². The van der Waals surface area contributed by atoms with E-state index in [2.05, 4.69) is 80.1 Å². The maximum Gasteiger partial charge on any atom is 0.260 e. The van der Waals surface area contributed by atoms with Crippen molar-refractivity contribution in [3.63, 3.8) is 0 Å². The van der Waals surface area contributed by atoms with Crippen LogP contribution in [0.3, 0.4) is 0 Å². The fourth-order valence-electron chi connectivity index (χ4n) is 5.83. The minimum absolute atomic E-state index is 0.0188. The van der Waals surface area contributed by atoms with Crippen LogP contribution in [0, 0.1) is 11.8 Å². The quantitative estimate of drug-likeness (QED) is 0.152. The van der Waals surface area contributed by atoms with E-state index >= 15 is 0 Å². The molecule has 1 saturated heterocycles. The minimum atomic E-state index is 0.0188. The number of benzene rings is 4. The molecule has 5 aromatic rings. The molecule has 0 amide bonds. The summed E-state index contributed by atoms with van der Waals surface area (Å²) in [5.74, 6) is 7.60. The van der Waals surface area contributed by atoms with Gasteiger partial charge >= 0.3 is 0 Å². The Morgan fingerprint density at radius 2 is 1.31 bits per heavy atom. The van der Waals surface area contributed by atoms with E-state index in [1.807, 2.05) is 67.0 Å². The van der Waals surface area contributed by atoms with Crippen molar-refractivity contribution in [2.45, 2.75) is 32.3 Å². The summed E-state index contributed by atoms with van der Waals surface area (Å²) in [5.41, 5.74) is 7.29. The smallest absolute Gasteiger partial charge is 0.260 e. The Kier molecular flexibility index (Phi) is 10.5. The van der Waals surface area contributed by atoms with Crippen molar-refractivity contribution >= 4 is 6.34 Å². The molecule has 49 heavy (non-hydrogen) atoms. The second-order valence-corrected chi connectivity index (χ2v) is 12.2. The number of ether oxygens (including phenoxy) is 3. The van der Waals surface area contributed by atoms with Gasteiger partial charge in [0.1, 0.15) is 25.2 Å². The molecule has 0 aliphatic carbocycles. The predicted molar refractivity (Wildman–Crippen MR) is 190 cm³/mol. The van der Waals surface area contributed by atoms with Gasteiger partial charge in [-0.25, -0.2) is 4.98 Å². The van der Waals surface area contributed by atoms with Crippen LogP contribution < -0.4 is 9.47 Å². The van der Waals surface area contributed by atoms with Crippen LogP contribution in [0.1, 0.15) is 45.1 Å². The van der Waals surface area contributed by atoms with Gasteiger partial charge in [-0.1, -0.05) is 96.8 Å². The maximum atomic E-state index is 6.33. The Balaban J connectivity index is 0.973. The summed E-state index contributed by atoms with van der Waals surface area (Å²) < 4.78 is 17.9. The van der Waals surface area contributed by atoms with Crippen LogP contribution in [0.15, 0.2) is 121 Å². The highest BCUT2D eigenvalue weighted by molar-refractivity contribution is 5.59. The molecule has 0 bridgehead atoms. The van der Waals surface area contributed by atoms with Gasteiger partial charge in [0.05, 0.1) is 32.1 Å². The van der Waals surface area contributed by atoms with E-state index in [1.54, 1.807) is 0 Å². The highest BCUT2D eigenvalue weighted by Crippen LogP contribution is 2.31. The Morgan fingerprint density at radius 1 is 0.673 bits per heavy atom. The van der Waals surface area contributed by atoms with Crippen molar-refractivity contribution in [2.24, 2.45) is 4.99 Å². The Bertz CT molecular complexity index is 1880. The number of hydrogen-bond donors (Lipinski definition) is 0. The Morgan fingerprint density at radius 3 is 1.98 bits per heavy atom. The lowest BCUT2D eigenvalue weighted by Gasteiger charge is -2.26. The Hall–Kier alpha value is -5.49. The average molecular weight is 650 g/mol. The van der Waals surface area contributed by atoms with Gasteiger partial charge in [-0.3, -0.25) is 9.89 Å². The number of morpholine rings is 1. The van der Waals surface area contributed by atoms with Crippen LogP contribution in [0.25, 0.3) is 0 Å². The second kappa shape index (κ2) is 16.1. The molecule has 7 rings (SSSR count). The first-order chi connectivity index (χ1) is 24.2. The van der Waals surface area contributed by atoms with Crippen LogP contribution in [0.4, 0.5) is 0 Å². The average Bonchev–Trinajstić information content (AvgIpc) is 3.63. The molecular weight excluding hydrogens is 610 g/mol. The molecule has 8 nitrogen and oxygen atoms in total. The third-order valence-electron chi connectivity index (χ3n) is 8.57. The third-order valence-corrected chi connectivity index (χ3v) is 8.57. The molecule has 0 saturated carbocycles. The summed E-state index contributed by atoms with van der Waals surface area (Å²) >= 11 is 0. The van der Waals surface area contributed by atoms with Crippen molar-refractivity contribution in [1.82, 2.24) is 19.8 Å². The molecule has 4 aromatic carbocycles. The van der Waals surface area contributed by atoms with E-state index in [0.717, 1.165) is 72.9 Å². The van der Waals surface area contributed by atoms with Crippen molar-refractivity contribution in [3.8, 4) is 23.5 Å². The number of hydrogen-bond acceptors (Lipinski definition) is 8. The van der Waals surface area contributed by atoms with Gasteiger partial charge in [0.15, 0.2) is 0 Å². The fourth-order valence-corrected chi connectivity index (χ4v) is 5.83. The predicted octanol–water partition coefficient (Wildman–Crippen LogP) is 6.45. The normalized spacial score (nSPS) is 15.8. The summed E-state index contributed by atoms with van der Waals surface area (Å²) in [7, 11) is 0. The van der Waals surface area contributed by atoms with E-state index in [0.29, 0.717) is 31.4 Å². The van der Waals surface area contributed by atoms with E-state index in [-0.39, 0.29) is 6.04 Å². The van der Waals surface area contributed by atoms with Crippen molar-refractivity contribution in [2.75, 3.05) is 32.8 Å². The molecular formula is C41H39N5O3. The number of aromatic nitrogens is 2. The monoisotopic (exact) mass is 649 g/mol. The highest BCUT2D eigenvalue weighted by atomic mass is 16.5. The zero-order valence-electron chi connectivity index (χ0n) is 27.4. The molecule has 1 aromatic heterocycles. The van der Waals surface area contributed by atoms with Gasteiger partial charge in [-0.2, -0.15) is 4.98 Å². The molecule has 246 valence electrons. The molecule has 3 heterocycles. The summed E-state index contributed by atoms with van der Waals surface area (Å²) in [4.78, 5) is 18.5. The summed E-state index contributed by atoms with van der Waals surface area (Å²) in [6.07, 6.45) is 3.43. The largest absolute Gasteiger partial charge is 0.482 e. The zero-order chi connectivity index (χ0) is 33.1. The molecule has 2 aliphatic heterocycles. The minimum Gasteiger partial charge on any atom is -0.482 e. The molecule has 1 unspecified atom stereocenters. The van der Waals surface area contributed by atoms with Crippen LogP contribution in [-0.4, -0.2) is 59.0 Å². The van der Waals surface area contributed by atoms with Gasteiger partial charge < -0.3 is 19.1 Å². The van der Waals surface area contributed by atoms with Gasteiger partial charge in [0.2, 0.25) is 5.75 Å². The van der Waals surface area contributed by atoms with Crippen molar-refractivity contribution < 1.29 is 14.2 Å². The molecule has 1 atom stereocenters. The van der Waals surface area contributed by atoms with Crippen LogP contribution >= 0.6 is 0 Å². The lowest BCUT2D eigenvalue weighted by atomic mass is 10.0. The second-order valence-electron chi connectivity index (χ2n) is 12.2. The number of rotatable bonds is 11. The van der Waals surface area contributed by atoms with Crippen LogP contribution in [0.5, 0.6) is 11.6 Å². The maximum absolute atomic E-state index is 6.33. The van der Waals surface area contributed by atoms with Crippen molar-refractivity contribution in [1.29, 1.82) is 0 Å². The standard InChI is InChI=1S/C41H39N5O3/c1-3-7-35(8-4-1)28-48-40-39(42-30-43-41(40)49-29-36-9-5-2-6-10-36)27-46-26-38(44-31-46)37-19-17-33(18-20-37)12-11-32-13-15-34(16-14-32)25-45-21-23-47-24-22-45/h1-10,13-20,30-31,38H,21-29H2. The summed E-state index contributed by atoms with van der Waals surface area (Å²) in [5, 5.41) is 0.